The average Bonchev–Trinajstić information content (AvgIpc) is 3.35. The van der Waals surface area contributed by atoms with Crippen LogP contribution in [0, 0.1) is 0 Å². The van der Waals surface area contributed by atoms with Crippen LogP contribution in [-0.4, -0.2) is 48.3 Å². The van der Waals surface area contributed by atoms with Crippen molar-refractivity contribution in [3.05, 3.63) is 60.7 Å². The Morgan fingerprint density at radius 2 is 2.07 bits per heavy atom. The number of hydrogen-bond donors (Lipinski definition) is 2. The number of imidazole rings is 1. The van der Waals surface area contributed by atoms with E-state index in [0.29, 0.717) is 23.3 Å². The molecule has 0 saturated carbocycles. The predicted molar refractivity (Wildman–Crippen MR) is 100 cm³/mol. The van der Waals surface area contributed by atoms with E-state index in [-0.39, 0.29) is 6.04 Å². The van der Waals surface area contributed by atoms with Crippen molar-refractivity contribution in [1.29, 1.82) is 0 Å². The minimum atomic E-state index is -0.418. The number of anilines is 1. The van der Waals surface area contributed by atoms with Crippen LogP contribution >= 0.6 is 0 Å². The number of rotatable bonds is 5. The van der Waals surface area contributed by atoms with E-state index in [2.05, 4.69) is 20.3 Å². The Morgan fingerprint density at radius 1 is 1.26 bits per heavy atom. The van der Waals surface area contributed by atoms with Crippen LogP contribution in [-0.2, 0) is 0 Å². The summed E-state index contributed by atoms with van der Waals surface area (Å²) >= 11 is 0. The minimum Gasteiger partial charge on any atom is -0.368 e. The number of allylic oxidation sites excluding steroid dienone is 1. The number of amides is 1. The fraction of sp³-hybridized carbons (Fsp3) is 0.263. The molecule has 2 aromatic heterocycles. The van der Waals surface area contributed by atoms with Gasteiger partial charge in [0.25, 0.3) is 5.91 Å². The lowest BCUT2D eigenvalue weighted by atomic mass is 10.1. The van der Waals surface area contributed by atoms with Gasteiger partial charge in [0.2, 0.25) is 0 Å². The molecule has 0 spiro atoms. The van der Waals surface area contributed by atoms with Crippen molar-refractivity contribution >= 4 is 22.9 Å². The predicted octanol–water partition coefficient (Wildman–Crippen LogP) is 2.66. The van der Waals surface area contributed by atoms with Gasteiger partial charge in [0.15, 0.2) is 11.5 Å². The summed E-state index contributed by atoms with van der Waals surface area (Å²) in [6, 6.07) is 8.28. The summed E-state index contributed by atoms with van der Waals surface area (Å²) in [6.45, 7) is 2.74. The summed E-state index contributed by atoms with van der Waals surface area (Å²) in [4.78, 5) is 25.5. The van der Waals surface area contributed by atoms with E-state index >= 15 is 0 Å². The lowest BCUT2D eigenvalue weighted by molar-refractivity contribution is -0.0777. The summed E-state index contributed by atoms with van der Waals surface area (Å²) in [5.41, 5.74) is 1.88. The standard InChI is InChI=1S/C19H20N6O2/c1-2-20-17-16-18(22-11-21-17)24(12-23-16)14-8-9-15(10-14)25(27)19(26)13-6-4-3-5-7-13/h3-9,11-12,14-15,27H,2,10H2,1H3,(H,20,21,22)/t14-,15-/m1/s1. The summed E-state index contributed by atoms with van der Waals surface area (Å²) in [5, 5.41) is 14.4. The number of carbonyl (C=O) groups is 1. The molecule has 2 atom stereocenters. The van der Waals surface area contributed by atoms with E-state index in [1.807, 2.05) is 29.7 Å². The Hall–Kier alpha value is -3.26. The molecule has 0 radical (unpaired) electrons. The second kappa shape index (κ2) is 7.16. The van der Waals surface area contributed by atoms with Gasteiger partial charge in [-0.1, -0.05) is 30.4 Å². The lowest BCUT2D eigenvalue weighted by Crippen LogP contribution is -2.35. The summed E-state index contributed by atoms with van der Waals surface area (Å²) in [7, 11) is 0. The maximum absolute atomic E-state index is 12.4. The van der Waals surface area contributed by atoms with Crippen molar-refractivity contribution in [2.45, 2.75) is 25.4 Å². The molecule has 138 valence electrons. The quantitative estimate of drug-likeness (QED) is 0.410. The molecule has 0 unspecified atom stereocenters. The topological polar surface area (TPSA) is 96.2 Å². The van der Waals surface area contributed by atoms with Crippen LogP contribution in [0.1, 0.15) is 29.7 Å². The van der Waals surface area contributed by atoms with E-state index in [9.17, 15) is 10.0 Å². The Morgan fingerprint density at radius 3 is 2.85 bits per heavy atom. The Labute approximate surface area is 156 Å². The van der Waals surface area contributed by atoms with Crippen molar-refractivity contribution in [2.75, 3.05) is 11.9 Å². The number of hydroxylamine groups is 2. The van der Waals surface area contributed by atoms with Crippen molar-refractivity contribution in [1.82, 2.24) is 24.6 Å². The summed E-state index contributed by atoms with van der Waals surface area (Å²) in [5.74, 6) is 0.279. The van der Waals surface area contributed by atoms with Crippen LogP contribution in [0.3, 0.4) is 0 Å². The van der Waals surface area contributed by atoms with E-state index in [4.69, 9.17) is 0 Å². The number of nitrogens with zero attached hydrogens (tertiary/aromatic N) is 5. The molecule has 0 bridgehead atoms. The second-order valence-corrected chi connectivity index (χ2v) is 6.35. The first kappa shape index (κ1) is 17.2. The summed E-state index contributed by atoms with van der Waals surface area (Å²) in [6.07, 6.45) is 7.57. The van der Waals surface area contributed by atoms with E-state index in [0.717, 1.165) is 17.3 Å². The highest BCUT2D eigenvalue weighted by Gasteiger charge is 2.29. The fourth-order valence-electron chi connectivity index (χ4n) is 3.30. The first-order valence-electron chi connectivity index (χ1n) is 8.86. The molecule has 1 aliphatic carbocycles. The maximum Gasteiger partial charge on any atom is 0.277 e. The third-order valence-corrected chi connectivity index (χ3v) is 4.64. The first-order chi connectivity index (χ1) is 13.2. The summed E-state index contributed by atoms with van der Waals surface area (Å²) < 4.78 is 1.94. The van der Waals surface area contributed by atoms with Crippen LogP contribution in [0.2, 0.25) is 0 Å². The van der Waals surface area contributed by atoms with E-state index < -0.39 is 11.9 Å². The van der Waals surface area contributed by atoms with Gasteiger partial charge in [0, 0.05) is 12.1 Å². The molecule has 1 amide bonds. The monoisotopic (exact) mass is 364 g/mol. The number of aromatic nitrogens is 4. The van der Waals surface area contributed by atoms with Crippen molar-refractivity contribution in [3.63, 3.8) is 0 Å². The average molecular weight is 364 g/mol. The highest BCUT2D eigenvalue weighted by atomic mass is 16.5. The molecule has 3 aromatic rings. The van der Waals surface area contributed by atoms with Gasteiger partial charge in [-0.2, -0.15) is 0 Å². The molecule has 27 heavy (non-hydrogen) atoms. The Bertz CT molecular complexity index is 984. The number of hydrogen-bond acceptors (Lipinski definition) is 6. The Kier molecular flexibility index (Phi) is 4.55. The Balaban J connectivity index is 1.53. The molecule has 0 saturated heterocycles. The molecule has 4 rings (SSSR count). The zero-order chi connectivity index (χ0) is 18.8. The zero-order valence-corrected chi connectivity index (χ0v) is 14.9. The van der Waals surface area contributed by atoms with Crippen molar-refractivity contribution < 1.29 is 10.0 Å². The van der Waals surface area contributed by atoms with Crippen LogP contribution in [0.25, 0.3) is 11.2 Å². The largest absolute Gasteiger partial charge is 0.368 e. The molecular formula is C19H20N6O2. The number of benzene rings is 1. The van der Waals surface area contributed by atoms with Crippen molar-refractivity contribution in [2.24, 2.45) is 0 Å². The molecular weight excluding hydrogens is 344 g/mol. The van der Waals surface area contributed by atoms with Gasteiger partial charge in [-0.3, -0.25) is 10.0 Å². The molecule has 0 aliphatic heterocycles. The maximum atomic E-state index is 12.4. The zero-order valence-electron chi connectivity index (χ0n) is 14.9. The third kappa shape index (κ3) is 3.15. The molecule has 8 nitrogen and oxygen atoms in total. The van der Waals surface area contributed by atoms with Gasteiger partial charge in [0.05, 0.1) is 18.4 Å². The number of nitrogens with one attached hydrogen (secondary N) is 1. The van der Waals surface area contributed by atoms with Gasteiger partial charge in [-0.25, -0.2) is 20.0 Å². The SMILES string of the molecule is CCNc1ncnc2c1ncn2[C@@H]1C=C[C@@H](N(O)C(=O)c2ccccc2)C1. The lowest BCUT2D eigenvalue weighted by Gasteiger charge is -2.22. The van der Waals surface area contributed by atoms with Gasteiger partial charge < -0.3 is 9.88 Å². The van der Waals surface area contributed by atoms with Crippen LogP contribution in [0.5, 0.6) is 0 Å². The molecule has 1 aromatic carbocycles. The molecule has 2 heterocycles. The van der Waals surface area contributed by atoms with Crippen LogP contribution in [0.4, 0.5) is 5.82 Å². The smallest absolute Gasteiger partial charge is 0.277 e. The number of carbonyl (C=O) groups excluding carboxylic acids is 1. The molecule has 8 heteroatoms. The highest BCUT2D eigenvalue weighted by Crippen LogP contribution is 2.30. The van der Waals surface area contributed by atoms with Gasteiger partial charge in [0.1, 0.15) is 11.8 Å². The van der Waals surface area contributed by atoms with E-state index in [1.54, 1.807) is 30.6 Å². The fourth-order valence-corrected chi connectivity index (χ4v) is 3.30. The van der Waals surface area contributed by atoms with Gasteiger partial charge in [-0.05, 0) is 25.5 Å². The molecule has 0 fully saturated rings. The van der Waals surface area contributed by atoms with Crippen molar-refractivity contribution in [3.8, 4) is 0 Å². The highest BCUT2D eigenvalue weighted by molar-refractivity contribution is 5.93. The van der Waals surface area contributed by atoms with Gasteiger partial charge >= 0.3 is 0 Å². The molecule has 2 N–H and O–H groups in total. The van der Waals surface area contributed by atoms with Crippen LogP contribution < -0.4 is 5.32 Å². The van der Waals surface area contributed by atoms with Gasteiger partial charge in [-0.15, -0.1) is 0 Å². The minimum absolute atomic E-state index is 0.0531. The first-order valence-corrected chi connectivity index (χ1v) is 8.86. The second-order valence-electron chi connectivity index (χ2n) is 6.35. The third-order valence-electron chi connectivity index (χ3n) is 4.64. The van der Waals surface area contributed by atoms with Crippen LogP contribution in [0.15, 0.2) is 55.1 Å². The van der Waals surface area contributed by atoms with E-state index in [1.165, 1.54) is 6.33 Å². The molecule has 1 aliphatic rings. The number of fused-ring (bicyclic) bond motifs is 1. The normalized spacial score (nSPS) is 18.7.